The molecule has 0 spiro atoms. The van der Waals surface area contributed by atoms with Crippen LogP contribution in [-0.4, -0.2) is 0 Å². The summed E-state index contributed by atoms with van der Waals surface area (Å²) >= 11 is 0. The highest BCUT2D eigenvalue weighted by atomic mass is 13.3. The van der Waals surface area contributed by atoms with Gasteiger partial charge in [0, 0.05) is 9.99 Å². The van der Waals surface area contributed by atoms with Crippen LogP contribution in [0.5, 0.6) is 0 Å². The zero-order valence-corrected chi connectivity index (χ0v) is 8.71. The Morgan fingerprint density at radius 3 is 0.857 bits per heavy atom. The van der Waals surface area contributed by atoms with Crippen molar-refractivity contribution in [3.8, 4) is 35.5 Å². The van der Waals surface area contributed by atoms with Gasteiger partial charge in [-0.1, -0.05) is 21.8 Å². The van der Waals surface area contributed by atoms with Crippen molar-refractivity contribution in [2.24, 2.45) is 0 Å². The predicted octanol–water partition coefficient (Wildman–Crippen LogP) is 6.01. The van der Waals surface area contributed by atoms with E-state index >= 15 is 0 Å². The minimum Gasteiger partial charge on any atom is -0.331 e. The Morgan fingerprint density at radius 2 is 0.857 bits per heavy atom. The van der Waals surface area contributed by atoms with Crippen molar-refractivity contribution < 1.29 is 11.4 Å². The first-order valence-corrected chi connectivity index (χ1v) is 3.60. The van der Waals surface area contributed by atoms with Gasteiger partial charge >= 0.3 is 1.43 Å². The first-order valence-electron chi connectivity index (χ1n) is 3.60. The van der Waals surface area contributed by atoms with Gasteiger partial charge in [-0.05, 0) is 27.7 Å². The van der Waals surface area contributed by atoms with Crippen LogP contribution in [0, 0.1) is 42.4 Å². The van der Waals surface area contributed by atoms with E-state index in [1.165, 1.54) is 0 Å². The maximum atomic E-state index is 3.24. The van der Waals surface area contributed by atoms with E-state index in [2.05, 4.69) is 42.4 Å². The summed E-state index contributed by atoms with van der Waals surface area (Å²) in [5.41, 5.74) is 0. The van der Waals surface area contributed by atoms with E-state index < -0.39 is 0 Å². The molecule has 0 unspecified atom stereocenters. The molecular weight excluding hydrogens is 168 g/mol. The van der Waals surface area contributed by atoms with E-state index in [4.69, 9.17) is 0 Å². The largest absolute Gasteiger partial charge is 1.00 e. The van der Waals surface area contributed by atoms with Crippen LogP contribution in [0.3, 0.4) is 0 Å². The minimum absolute atomic E-state index is 0. The van der Waals surface area contributed by atoms with Crippen molar-refractivity contribution in [3.63, 3.8) is 0 Å². The lowest BCUT2D eigenvalue weighted by Gasteiger charge is -1.59. The molecule has 0 nitrogen and oxygen atoms in total. The molecule has 0 heterocycles. The molecule has 0 fully saturated rings. The maximum absolute atomic E-state index is 3.24. The van der Waals surface area contributed by atoms with Crippen LogP contribution in [-0.2, 0) is 0 Å². The summed E-state index contributed by atoms with van der Waals surface area (Å²) in [6.07, 6.45) is 0. The number of hydrogen-bond donors (Lipinski definition) is 0. The highest BCUT2D eigenvalue weighted by molar-refractivity contribution is 4.97. The van der Waals surface area contributed by atoms with Gasteiger partial charge in [-0.3, -0.25) is 5.92 Å². The first kappa shape index (κ1) is 29.4. The van der Waals surface area contributed by atoms with Crippen LogP contribution >= 0.6 is 0 Å². The van der Waals surface area contributed by atoms with Gasteiger partial charge in [-0.2, -0.15) is 6.92 Å². The quantitative estimate of drug-likeness (QED) is 0.338. The molecule has 0 bridgehead atoms. The van der Waals surface area contributed by atoms with Gasteiger partial charge < -0.3 is 5.92 Å². The van der Waals surface area contributed by atoms with Crippen molar-refractivity contribution in [1.29, 1.82) is 0 Å². The lowest BCUT2D eigenvalue weighted by atomic mass is 10.7. The SMILES string of the molecule is C.C.CC#CC.CC#CC.[CH2-]C#CC.[H+].[HH].[HH].[HH].[HH].[HH].[HH].[HH]. The summed E-state index contributed by atoms with van der Waals surface area (Å²) in [5.74, 6) is 15.7. The van der Waals surface area contributed by atoms with Crippen molar-refractivity contribution in [1.82, 2.24) is 0 Å². The maximum Gasteiger partial charge on any atom is 1.00 e. The molecule has 14 heavy (non-hydrogen) atoms. The average molecular weight is 208 g/mol. The molecular formula is C14H40. The van der Waals surface area contributed by atoms with Crippen molar-refractivity contribution >= 4 is 0 Å². The van der Waals surface area contributed by atoms with Gasteiger partial charge in [-0.15, -0.1) is 23.7 Å². The molecule has 0 saturated carbocycles. The average Bonchev–Trinajstić information content (AvgIpc) is 2.18. The lowest BCUT2D eigenvalue weighted by Crippen LogP contribution is -1.29. The van der Waals surface area contributed by atoms with Crippen molar-refractivity contribution in [2.45, 2.75) is 49.5 Å². The third-order valence-corrected chi connectivity index (χ3v) is 0.677. The Balaban J connectivity index is -0.00000000409. The second kappa shape index (κ2) is 62.1. The Hall–Kier alpha value is -1.45. The van der Waals surface area contributed by atoms with Crippen LogP contribution in [0.25, 0.3) is 0 Å². The number of hydrogen-bond acceptors (Lipinski definition) is 0. The molecule has 96 valence electrons. The van der Waals surface area contributed by atoms with Crippen LogP contribution < -0.4 is 0 Å². The molecule has 0 heteroatoms. The van der Waals surface area contributed by atoms with E-state index in [1.54, 1.807) is 6.92 Å². The predicted molar refractivity (Wildman–Crippen MR) is 86.4 cm³/mol. The molecule has 0 rings (SSSR count). The van der Waals surface area contributed by atoms with Gasteiger partial charge in [0.15, 0.2) is 0 Å². The van der Waals surface area contributed by atoms with Gasteiger partial charge in [-0.25, -0.2) is 0 Å². The van der Waals surface area contributed by atoms with E-state index in [0.29, 0.717) is 0 Å². The fraction of sp³-hybridized carbons (Fsp3) is 0.500. The topological polar surface area (TPSA) is 0 Å². The Kier molecular flexibility index (Phi) is 130. The first-order chi connectivity index (χ1) is 5.74. The summed E-state index contributed by atoms with van der Waals surface area (Å²) in [7, 11) is 0. The minimum atomic E-state index is 0. The van der Waals surface area contributed by atoms with E-state index in [1.807, 2.05) is 27.7 Å². The third-order valence-electron chi connectivity index (χ3n) is 0.677. The smallest absolute Gasteiger partial charge is 0.331 e. The molecule has 0 aromatic rings. The Bertz CT molecular complexity index is 174. The standard InChI is InChI=1S/2C4H6.C4H5.2CH4.7H2/c3*1-3-4-2;;;;;;;;;/h2*1-2H3;1H2,2H3;2*1H4;7*1H/q;;-1;;;;;;;;;/p+1. The van der Waals surface area contributed by atoms with E-state index in [-0.39, 0.29) is 26.3 Å². The third kappa shape index (κ3) is 400. The van der Waals surface area contributed by atoms with Crippen LogP contribution in [0.15, 0.2) is 0 Å². The second-order valence-electron chi connectivity index (χ2n) is 1.43. The van der Waals surface area contributed by atoms with Crippen molar-refractivity contribution in [3.05, 3.63) is 6.92 Å². The molecule has 0 saturated heterocycles. The normalized spacial score (nSPS) is 2.93. The monoisotopic (exact) mass is 208 g/mol. The molecule has 0 aliphatic heterocycles. The summed E-state index contributed by atoms with van der Waals surface area (Å²) in [4.78, 5) is 0. The molecule has 0 aromatic carbocycles. The van der Waals surface area contributed by atoms with Gasteiger partial charge in [0.25, 0.3) is 0 Å². The molecule has 0 atom stereocenters. The summed E-state index contributed by atoms with van der Waals surface area (Å²) in [6.45, 7) is 12.3. The zero-order chi connectivity index (χ0) is 10.2. The fourth-order valence-corrected chi connectivity index (χ4v) is 0. The van der Waals surface area contributed by atoms with E-state index in [9.17, 15) is 0 Å². The van der Waals surface area contributed by atoms with Crippen LogP contribution in [0.1, 0.15) is 60.9 Å². The van der Waals surface area contributed by atoms with Gasteiger partial charge in [0.2, 0.25) is 0 Å². The van der Waals surface area contributed by atoms with Crippen molar-refractivity contribution in [2.75, 3.05) is 0 Å². The molecule has 0 N–H and O–H groups in total. The summed E-state index contributed by atoms with van der Waals surface area (Å²) < 4.78 is 0. The molecule has 0 aliphatic carbocycles. The summed E-state index contributed by atoms with van der Waals surface area (Å²) in [6, 6.07) is 0. The molecule has 0 radical (unpaired) electrons. The Morgan fingerprint density at radius 1 is 0.714 bits per heavy atom. The highest BCUT2D eigenvalue weighted by Gasteiger charge is 1.27. The lowest BCUT2D eigenvalue weighted by molar-refractivity contribution is 1.83. The summed E-state index contributed by atoms with van der Waals surface area (Å²) in [5, 5.41) is 0. The van der Waals surface area contributed by atoms with E-state index in [0.717, 1.165) is 0 Å². The second-order valence-corrected chi connectivity index (χ2v) is 1.43. The van der Waals surface area contributed by atoms with Gasteiger partial charge in [0.1, 0.15) is 0 Å². The Labute approximate surface area is 104 Å². The van der Waals surface area contributed by atoms with Crippen LogP contribution in [0.4, 0.5) is 0 Å². The van der Waals surface area contributed by atoms with Crippen LogP contribution in [0.2, 0.25) is 0 Å². The molecule has 0 aromatic heterocycles. The molecule has 0 aliphatic rings. The number of rotatable bonds is 0. The van der Waals surface area contributed by atoms with Gasteiger partial charge in [0.05, 0.1) is 0 Å². The fourth-order valence-electron chi connectivity index (χ4n) is 0. The highest BCUT2D eigenvalue weighted by Crippen LogP contribution is 1.39. The zero-order valence-electron chi connectivity index (χ0n) is 9.71. The molecule has 0 amide bonds.